The second kappa shape index (κ2) is 50.1. The molecule has 6 unspecified atom stereocenters. The average Bonchev–Trinajstić information content (AvgIpc) is 3.38. The van der Waals surface area contributed by atoms with Crippen LogP contribution in [0.2, 0.25) is 0 Å². The first-order chi connectivity index (χ1) is 35.5. The minimum absolute atomic E-state index is 0.0771. The molecule has 0 saturated heterocycles. The van der Waals surface area contributed by atoms with Crippen molar-refractivity contribution in [3.8, 4) is 0 Å². The van der Waals surface area contributed by atoms with Crippen LogP contribution >= 0.6 is 7.82 Å². The SMILES string of the molecule is CCCCCCC/C=C\C/C=C\C/C=C\CCCCCCCCCCCOCC(COP(=O)(O)OC1C(O)C(O)C(O)C(O)C1O)OC(=O)CCCCCCCCCCCCCCCCCCCCCCCC. The van der Waals surface area contributed by atoms with Crippen LogP contribution in [0.15, 0.2) is 36.5 Å². The number of allylic oxidation sites excluding steroid dienone is 6. The molecule has 0 radical (unpaired) electrons. The van der Waals surface area contributed by atoms with Gasteiger partial charge in [0.1, 0.15) is 42.7 Å². The van der Waals surface area contributed by atoms with E-state index in [-0.39, 0.29) is 13.0 Å². The number of carbonyl (C=O) groups is 1. The Hall–Kier alpha value is -1.44. The Morgan fingerprint density at radius 2 is 0.767 bits per heavy atom. The maximum absolute atomic E-state index is 12.9. The average molecular weight is 1060 g/mol. The third kappa shape index (κ3) is 41.3. The smallest absolute Gasteiger partial charge is 0.457 e. The lowest BCUT2D eigenvalue weighted by Crippen LogP contribution is -2.64. The molecule has 73 heavy (non-hydrogen) atoms. The standard InChI is InChI=1S/C60H113O12P/c1-3-5-7-9-11-13-15-17-19-21-23-25-27-28-30-32-34-36-38-40-42-44-46-48-50-69-51-53(52-70-73(67,68)72-60-58(65)56(63)55(62)57(64)59(60)66)71-54(61)49-47-45-43-41-39-37-35-33-31-29-26-24-22-20-18-16-14-12-10-8-6-4-2/h15,17,21,23,27-28,53,55-60,62-66H,3-14,16,18-20,22,24-26,29-52H2,1-2H3,(H,67,68)/b17-15-,23-21-,28-27-. The first kappa shape index (κ1) is 69.6. The van der Waals surface area contributed by atoms with Crippen molar-refractivity contribution < 1.29 is 58.3 Å². The number of hydrogen-bond acceptors (Lipinski definition) is 11. The van der Waals surface area contributed by atoms with Gasteiger partial charge in [0.2, 0.25) is 0 Å². The molecule has 0 aliphatic heterocycles. The van der Waals surface area contributed by atoms with Crippen molar-refractivity contribution in [2.45, 2.75) is 320 Å². The summed E-state index contributed by atoms with van der Waals surface area (Å²) in [6, 6.07) is 0. The quantitative estimate of drug-likeness (QED) is 0.0146. The van der Waals surface area contributed by atoms with Gasteiger partial charge in [-0.25, -0.2) is 4.57 Å². The van der Waals surface area contributed by atoms with Gasteiger partial charge in [-0.3, -0.25) is 13.8 Å². The van der Waals surface area contributed by atoms with Crippen molar-refractivity contribution in [2.75, 3.05) is 19.8 Å². The highest BCUT2D eigenvalue weighted by molar-refractivity contribution is 7.47. The summed E-state index contributed by atoms with van der Waals surface area (Å²) in [5.41, 5.74) is 0. The van der Waals surface area contributed by atoms with Gasteiger partial charge in [-0.1, -0.05) is 256 Å². The molecule has 1 aliphatic rings. The highest BCUT2D eigenvalue weighted by Gasteiger charge is 2.51. The van der Waals surface area contributed by atoms with Gasteiger partial charge in [-0.05, 0) is 51.4 Å². The number of phosphoric acid groups is 1. The molecule has 1 aliphatic carbocycles. The van der Waals surface area contributed by atoms with E-state index in [4.69, 9.17) is 18.5 Å². The molecule has 1 saturated carbocycles. The predicted octanol–water partition coefficient (Wildman–Crippen LogP) is 14.9. The van der Waals surface area contributed by atoms with E-state index in [2.05, 4.69) is 50.3 Å². The molecule has 6 N–H and O–H groups in total. The summed E-state index contributed by atoms with van der Waals surface area (Å²) in [5.74, 6) is -0.473. The van der Waals surface area contributed by atoms with E-state index in [1.807, 2.05) is 0 Å². The number of esters is 1. The molecule has 0 aromatic carbocycles. The van der Waals surface area contributed by atoms with E-state index < -0.39 is 63.1 Å². The number of aliphatic hydroxyl groups is 5. The zero-order valence-corrected chi connectivity index (χ0v) is 47.6. The van der Waals surface area contributed by atoms with Crippen LogP contribution in [0.3, 0.4) is 0 Å². The second-order valence-electron chi connectivity index (χ2n) is 21.2. The van der Waals surface area contributed by atoms with Gasteiger partial charge < -0.3 is 39.9 Å². The van der Waals surface area contributed by atoms with Gasteiger partial charge in [0, 0.05) is 13.0 Å². The summed E-state index contributed by atoms with van der Waals surface area (Å²) in [6.45, 7) is 4.30. The summed E-state index contributed by atoms with van der Waals surface area (Å²) < 4.78 is 34.5. The number of hydrogen-bond donors (Lipinski definition) is 6. The molecule has 0 aromatic rings. The molecule has 0 aromatic heterocycles. The monoisotopic (exact) mass is 1060 g/mol. The van der Waals surface area contributed by atoms with Crippen molar-refractivity contribution in [2.24, 2.45) is 0 Å². The first-order valence-corrected chi connectivity index (χ1v) is 31.8. The topological polar surface area (TPSA) is 192 Å². The lowest BCUT2D eigenvalue weighted by molar-refractivity contribution is -0.220. The fraction of sp³-hybridized carbons (Fsp3) is 0.883. The predicted molar refractivity (Wildman–Crippen MR) is 299 cm³/mol. The second-order valence-corrected chi connectivity index (χ2v) is 22.6. The van der Waals surface area contributed by atoms with Crippen LogP contribution in [0.4, 0.5) is 0 Å². The van der Waals surface area contributed by atoms with Crippen molar-refractivity contribution in [3.05, 3.63) is 36.5 Å². The van der Waals surface area contributed by atoms with E-state index in [0.717, 1.165) is 64.2 Å². The highest BCUT2D eigenvalue weighted by atomic mass is 31.2. The lowest BCUT2D eigenvalue weighted by atomic mass is 9.85. The maximum atomic E-state index is 12.9. The number of aliphatic hydroxyl groups excluding tert-OH is 5. The van der Waals surface area contributed by atoms with E-state index >= 15 is 0 Å². The third-order valence-electron chi connectivity index (χ3n) is 14.3. The van der Waals surface area contributed by atoms with Gasteiger partial charge in [0.05, 0.1) is 13.2 Å². The Bertz CT molecular complexity index is 1350. The minimum Gasteiger partial charge on any atom is -0.457 e. The van der Waals surface area contributed by atoms with Crippen LogP contribution in [-0.2, 0) is 27.9 Å². The number of rotatable bonds is 53. The molecular formula is C60H113O12P. The number of unbranched alkanes of at least 4 members (excludes halogenated alkanes) is 35. The van der Waals surface area contributed by atoms with Crippen LogP contribution < -0.4 is 0 Å². The lowest BCUT2D eigenvalue weighted by Gasteiger charge is -2.41. The van der Waals surface area contributed by atoms with Crippen LogP contribution in [-0.4, -0.2) is 98.9 Å². The molecular weight excluding hydrogens is 944 g/mol. The fourth-order valence-corrected chi connectivity index (χ4v) is 10.5. The Kier molecular flexibility index (Phi) is 47.7. The van der Waals surface area contributed by atoms with Gasteiger partial charge in [0.25, 0.3) is 0 Å². The first-order valence-electron chi connectivity index (χ1n) is 30.3. The number of ether oxygens (including phenoxy) is 2. The number of carbonyl (C=O) groups excluding carboxylic acids is 1. The number of phosphoric ester groups is 1. The van der Waals surface area contributed by atoms with Crippen molar-refractivity contribution in [1.82, 2.24) is 0 Å². The highest BCUT2D eigenvalue weighted by Crippen LogP contribution is 2.47. The van der Waals surface area contributed by atoms with E-state index in [1.54, 1.807) is 0 Å². The van der Waals surface area contributed by atoms with E-state index in [9.17, 15) is 39.8 Å². The molecule has 0 spiro atoms. The molecule has 13 heteroatoms. The van der Waals surface area contributed by atoms with Gasteiger partial charge in [0.15, 0.2) is 0 Å². The molecule has 430 valence electrons. The molecule has 1 rings (SSSR count). The summed E-state index contributed by atoms with van der Waals surface area (Å²) in [4.78, 5) is 23.4. The fourth-order valence-electron chi connectivity index (χ4n) is 9.48. The molecule has 12 nitrogen and oxygen atoms in total. The zero-order chi connectivity index (χ0) is 53.3. The summed E-state index contributed by atoms with van der Waals surface area (Å²) >= 11 is 0. The van der Waals surface area contributed by atoms with E-state index in [0.29, 0.717) is 13.0 Å². The molecule has 0 bridgehead atoms. The Balaban J connectivity index is 2.26. The Labute approximate surface area is 446 Å². The zero-order valence-electron chi connectivity index (χ0n) is 46.7. The normalized spacial score (nSPS) is 20.7. The Morgan fingerprint density at radius 3 is 1.16 bits per heavy atom. The van der Waals surface area contributed by atoms with Gasteiger partial charge in [-0.15, -0.1) is 0 Å². The largest absolute Gasteiger partial charge is 0.472 e. The van der Waals surface area contributed by atoms with Crippen LogP contribution in [0.25, 0.3) is 0 Å². The molecule has 1 fully saturated rings. The van der Waals surface area contributed by atoms with Crippen molar-refractivity contribution in [1.29, 1.82) is 0 Å². The van der Waals surface area contributed by atoms with Crippen LogP contribution in [0.1, 0.15) is 277 Å². The molecule has 6 atom stereocenters. The third-order valence-corrected chi connectivity index (χ3v) is 15.3. The van der Waals surface area contributed by atoms with Crippen molar-refractivity contribution >= 4 is 13.8 Å². The van der Waals surface area contributed by atoms with Crippen LogP contribution in [0, 0.1) is 0 Å². The molecule has 0 heterocycles. The van der Waals surface area contributed by atoms with Gasteiger partial charge >= 0.3 is 13.8 Å². The summed E-state index contributed by atoms with van der Waals surface area (Å²) in [5, 5.41) is 50.5. The summed E-state index contributed by atoms with van der Waals surface area (Å²) in [7, 11) is -5.03. The van der Waals surface area contributed by atoms with E-state index in [1.165, 1.54) is 186 Å². The minimum atomic E-state index is -5.03. The van der Waals surface area contributed by atoms with Gasteiger partial charge in [-0.2, -0.15) is 0 Å². The molecule has 0 amide bonds. The van der Waals surface area contributed by atoms with Crippen LogP contribution in [0.5, 0.6) is 0 Å². The Morgan fingerprint density at radius 1 is 0.438 bits per heavy atom. The maximum Gasteiger partial charge on any atom is 0.472 e. The summed E-state index contributed by atoms with van der Waals surface area (Å²) in [6.07, 6.45) is 50.7. The van der Waals surface area contributed by atoms with Crippen molar-refractivity contribution in [3.63, 3.8) is 0 Å².